The molecule has 5 rings (SSSR count). The molecule has 4 heteroatoms. The Morgan fingerprint density at radius 3 is 2.88 bits per heavy atom. The molecule has 0 amide bonds. The Labute approximate surface area is 154 Å². The first kappa shape index (κ1) is 15.2. The molecule has 3 nitrogen and oxygen atoms in total. The lowest BCUT2D eigenvalue weighted by atomic mass is 9.80. The summed E-state index contributed by atoms with van der Waals surface area (Å²) in [5, 5.41) is 4.43. The predicted octanol–water partition coefficient (Wildman–Crippen LogP) is 4.63. The number of nitrogens with zero attached hydrogens (tertiary/aromatic N) is 1. The molecule has 0 unspecified atom stereocenters. The van der Waals surface area contributed by atoms with Crippen LogP contribution >= 0.6 is 12.2 Å². The highest BCUT2D eigenvalue weighted by atomic mass is 32.1. The van der Waals surface area contributed by atoms with Crippen LogP contribution in [0.1, 0.15) is 42.0 Å². The molecule has 2 heterocycles. The number of rotatable bonds is 1. The van der Waals surface area contributed by atoms with Crippen LogP contribution in [0.25, 0.3) is 0 Å². The molecule has 128 valence electrons. The van der Waals surface area contributed by atoms with Gasteiger partial charge in [-0.3, -0.25) is 4.90 Å². The second kappa shape index (κ2) is 5.21. The number of thiocarbonyl (C=S) groups is 1. The summed E-state index contributed by atoms with van der Waals surface area (Å²) in [4.78, 5) is 2.26. The minimum Gasteiger partial charge on any atom is -0.467 e. The first-order chi connectivity index (χ1) is 12.1. The highest BCUT2D eigenvalue weighted by Gasteiger charge is 2.60. The second-order valence-corrected chi connectivity index (χ2v) is 7.92. The Hall–Kier alpha value is -2.07. The van der Waals surface area contributed by atoms with Crippen LogP contribution in [0.5, 0.6) is 5.75 Å². The van der Waals surface area contributed by atoms with Gasteiger partial charge in [-0.2, -0.15) is 0 Å². The van der Waals surface area contributed by atoms with Crippen LogP contribution in [-0.4, -0.2) is 10.8 Å². The van der Waals surface area contributed by atoms with Crippen LogP contribution in [-0.2, 0) is 0 Å². The van der Waals surface area contributed by atoms with Crippen LogP contribution < -0.4 is 15.0 Å². The monoisotopic (exact) mass is 350 g/mol. The summed E-state index contributed by atoms with van der Waals surface area (Å²) >= 11 is 5.84. The largest absolute Gasteiger partial charge is 0.467 e. The van der Waals surface area contributed by atoms with E-state index in [2.05, 4.69) is 66.5 Å². The highest BCUT2D eigenvalue weighted by Crippen LogP contribution is 2.56. The number of para-hydroxylation sites is 1. The molecule has 1 saturated carbocycles. The zero-order valence-corrected chi connectivity index (χ0v) is 15.4. The maximum Gasteiger partial charge on any atom is 0.194 e. The molecule has 3 aliphatic rings. The molecular formula is C21H22N2OS. The third kappa shape index (κ3) is 2.00. The summed E-state index contributed by atoms with van der Waals surface area (Å²) in [6.07, 6.45) is 3.34. The van der Waals surface area contributed by atoms with Crippen LogP contribution in [0.4, 0.5) is 5.69 Å². The fourth-order valence-corrected chi connectivity index (χ4v) is 5.33. The molecular weight excluding hydrogens is 328 g/mol. The van der Waals surface area contributed by atoms with E-state index in [1.165, 1.54) is 23.1 Å². The van der Waals surface area contributed by atoms with Crippen molar-refractivity contribution < 1.29 is 4.74 Å². The van der Waals surface area contributed by atoms with E-state index < -0.39 is 0 Å². The lowest BCUT2D eigenvalue weighted by Crippen LogP contribution is -2.69. The third-order valence-electron chi connectivity index (χ3n) is 6.04. The molecule has 2 aromatic carbocycles. The zero-order valence-electron chi connectivity index (χ0n) is 14.6. The standard InChI is InChI=1S/C21H22N2OS/c1-13-9-10-18-15(12-13)19-16-7-5-11-21(16,24-18)23(20(25)22-19)17-8-4-3-6-14(17)2/h3-4,6,8-10,12,16,19H,5,7,11H2,1-2H3,(H,22,25)/t16-,19+,21-/m0/s1. The quantitative estimate of drug-likeness (QED) is 0.758. The number of aryl methyl sites for hydroxylation is 2. The minimum atomic E-state index is -0.360. The van der Waals surface area contributed by atoms with E-state index in [0.717, 1.165) is 29.4 Å². The molecule has 1 N–H and O–H groups in total. The van der Waals surface area contributed by atoms with Crippen molar-refractivity contribution in [2.24, 2.45) is 5.92 Å². The van der Waals surface area contributed by atoms with E-state index in [-0.39, 0.29) is 11.8 Å². The molecule has 1 aliphatic carbocycles. The third-order valence-corrected chi connectivity index (χ3v) is 6.34. The van der Waals surface area contributed by atoms with Gasteiger partial charge in [0.1, 0.15) is 5.75 Å². The summed E-state index contributed by atoms with van der Waals surface area (Å²) in [6.45, 7) is 4.28. The van der Waals surface area contributed by atoms with Crippen molar-refractivity contribution in [3.8, 4) is 5.75 Å². The molecule has 2 aliphatic heterocycles. The normalized spacial score (nSPS) is 29.5. The van der Waals surface area contributed by atoms with E-state index in [1.807, 2.05) is 0 Å². The number of fused-ring (bicyclic) bond motifs is 2. The number of ether oxygens (including phenoxy) is 1. The first-order valence-electron chi connectivity index (χ1n) is 9.06. The smallest absolute Gasteiger partial charge is 0.194 e. The molecule has 2 aromatic rings. The van der Waals surface area contributed by atoms with Gasteiger partial charge >= 0.3 is 0 Å². The van der Waals surface area contributed by atoms with Crippen molar-refractivity contribution in [3.63, 3.8) is 0 Å². The fraction of sp³-hybridized carbons (Fsp3) is 0.381. The number of anilines is 1. The maximum absolute atomic E-state index is 6.76. The van der Waals surface area contributed by atoms with E-state index in [0.29, 0.717) is 5.92 Å². The first-order valence-corrected chi connectivity index (χ1v) is 9.47. The van der Waals surface area contributed by atoms with Crippen molar-refractivity contribution in [2.45, 2.75) is 44.9 Å². The Morgan fingerprint density at radius 1 is 1.20 bits per heavy atom. The van der Waals surface area contributed by atoms with Gasteiger partial charge in [0, 0.05) is 23.6 Å². The topological polar surface area (TPSA) is 24.5 Å². The molecule has 0 spiro atoms. The van der Waals surface area contributed by atoms with Crippen molar-refractivity contribution >= 4 is 23.0 Å². The lowest BCUT2D eigenvalue weighted by Gasteiger charge is -2.56. The Balaban J connectivity index is 1.71. The number of benzene rings is 2. The Morgan fingerprint density at radius 2 is 2.04 bits per heavy atom. The summed E-state index contributed by atoms with van der Waals surface area (Å²) in [7, 11) is 0. The van der Waals surface area contributed by atoms with Gasteiger partial charge in [-0.25, -0.2) is 0 Å². The molecule has 25 heavy (non-hydrogen) atoms. The van der Waals surface area contributed by atoms with Gasteiger partial charge in [-0.1, -0.05) is 35.9 Å². The van der Waals surface area contributed by atoms with E-state index >= 15 is 0 Å². The molecule has 0 aromatic heterocycles. The van der Waals surface area contributed by atoms with E-state index in [1.54, 1.807) is 0 Å². The Bertz CT molecular complexity index is 880. The SMILES string of the molecule is Cc1ccc2c(c1)[C@H]1NC(=S)N(c3ccccc3C)[C@@]3(CCC[C@@H]13)O2. The second-order valence-electron chi connectivity index (χ2n) is 7.54. The van der Waals surface area contributed by atoms with Gasteiger partial charge in [0.2, 0.25) is 0 Å². The van der Waals surface area contributed by atoms with Gasteiger partial charge in [0.15, 0.2) is 10.8 Å². The summed E-state index contributed by atoms with van der Waals surface area (Å²) in [6, 6.07) is 15.2. The number of nitrogens with one attached hydrogen (secondary N) is 1. The van der Waals surface area contributed by atoms with Crippen molar-refractivity contribution in [1.29, 1.82) is 0 Å². The van der Waals surface area contributed by atoms with Crippen LogP contribution in [0.2, 0.25) is 0 Å². The van der Waals surface area contributed by atoms with E-state index in [9.17, 15) is 0 Å². The summed E-state index contributed by atoms with van der Waals surface area (Å²) in [5.41, 5.74) is 4.54. The molecule has 3 atom stereocenters. The van der Waals surface area contributed by atoms with Gasteiger partial charge < -0.3 is 10.1 Å². The van der Waals surface area contributed by atoms with Crippen molar-refractivity contribution in [2.75, 3.05) is 4.90 Å². The number of hydrogen-bond donors (Lipinski definition) is 1. The average molecular weight is 350 g/mol. The minimum absolute atomic E-state index is 0.249. The van der Waals surface area contributed by atoms with Crippen molar-refractivity contribution in [1.82, 2.24) is 5.32 Å². The number of hydrogen-bond acceptors (Lipinski definition) is 2. The van der Waals surface area contributed by atoms with Crippen LogP contribution in [0, 0.1) is 19.8 Å². The van der Waals surface area contributed by atoms with Crippen molar-refractivity contribution in [3.05, 3.63) is 59.2 Å². The summed E-state index contributed by atoms with van der Waals surface area (Å²) < 4.78 is 6.76. The molecule has 2 bridgehead atoms. The lowest BCUT2D eigenvalue weighted by molar-refractivity contribution is -0.00516. The maximum atomic E-state index is 6.76. The average Bonchev–Trinajstić information content (AvgIpc) is 3.02. The Kier molecular flexibility index (Phi) is 3.17. The van der Waals surface area contributed by atoms with Gasteiger partial charge in [0.05, 0.1) is 6.04 Å². The molecule has 2 fully saturated rings. The fourth-order valence-electron chi connectivity index (χ4n) is 4.95. The predicted molar refractivity (Wildman–Crippen MR) is 104 cm³/mol. The zero-order chi connectivity index (χ0) is 17.2. The van der Waals surface area contributed by atoms with E-state index in [4.69, 9.17) is 17.0 Å². The molecule has 0 radical (unpaired) electrons. The van der Waals surface area contributed by atoms with Crippen LogP contribution in [0.3, 0.4) is 0 Å². The van der Waals surface area contributed by atoms with Gasteiger partial charge in [-0.05, 0) is 56.6 Å². The van der Waals surface area contributed by atoms with Crippen LogP contribution in [0.15, 0.2) is 42.5 Å². The van der Waals surface area contributed by atoms with Gasteiger partial charge in [-0.15, -0.1) is 0 Å². The highest BCUT2D eigenvalue weighted by molar-refractivity contribution is 7.80. The molecule has 1 saturated heterocycles. The van der Waals surface area contributed by atoms with Gasteiger partial charge in [0.25, 0.3) is 0 Å². The summed E-state index contributed by atoms with van der Waals surface area (Å²) in [5.74, 6) is 1.41.